The number of hydrogen-bond donors (Lipinski definition) is 1. The largest absolute Gasteiger partial charge is 0.497 e. The molecule has 3 nitrogen and oxygen atoms in total. The molecule has 1 N–H and O–H groups in total. The van der Waals surface area contributed by atoms with Crippen molar-refractivity contribution >= 4 is 17.6 Å². The molecule has 2 aromatic carbocycles. The minimum atomic E-state index is -0.960. The number of carboxylic acids is 1. The van der Waals surface area contributed by atoms with Crippen LogP contribution < -0.4 is 4.74 Å². The first-order chi connectivity index (χ1) is 10.8. The third-order valence-electron chi connectivity index (χ3n) is 3.70. The maximum Gasteiger partial charge on any atom is 0.336 e. The third kappa shape index (κ3) is 4.22. The Morgan fingerprint density at radius 1 is 1.09 bits per heavy atom. The van der Waals surface area contributed by atoms with Gasteiger partial charge in [-0.15, -0.1) is 0 Å². The third-order valence-corrected chi connectivity index (χ3v) is 3.70. The van der Waals surface area contributed by atoms with Crippen molar-refractivity contribution in [3.05, 3.63) is 65.2 Å². The Kier molecular flexibility index (Phi) is 4.89. The van der Waals surface area contributed by atoms with Crippen molar-refractivity contribution in [1.29, 1.82) is 0 Å². The van der Waals surface area contributed by atoms with Gasteiger partial charge in [0.2, 0.25) is 0 Å². The van der Waals surface area contributed by atoms with Gasteiger partial charge in [0, 0.05) is 0 Å². The maximum absolute atomic E-state index is 11.6. The second-order valence-electron chi connectivity index (χ2n) is 6.47. The molecule has 0 saturated carbocycles. The highest BCUT2D eigenvalue weighted by Gasteiger charge is 2.14. The van der Waals surface area contributed by atoms with Gasteiger partial charge < -0.3 is 9.84 Å². The number of carboxylic acid groups (broad SMARTS) is 1. The molecule has 0 amide bonds. The summed E-state index contributed by atoms with van der Waals surface area (Å²) in [5.74, 6) is -0.323. The van der Waals surface area contributed by atoms with Crippen LogP contribution in [0.3, 0.4) is 0 Å². The average molecular weight is 310 g/mol. The number of aliphatic carboxylic acids is 1. The van der Waals surface area contributed by atoms with Crippen molar-refractivity contribution in [2.45, 2.75) is 26.2 Å². The SMILES string of the molecule is COc1cccc(/C(=C/c2ccc(C(C)(C)C)cc2)C(=O)O)c1. The van der Waals surface area contributed by atoms with Crippen LogP contribution in [-0.4, -0.2) is 18.2 Å². The highest BCUT2D eigenvalue weighted by molar-refractivity contribution is 6.20. The Balaban J connectivity index is 2.41. The van der Waals surface area contributed by atoms with Crippen LogP contribution in [0.1, 0.15) is 37.5 Å². The van der Waals surface area contributed by atoms with E-state index in [2.05, 4.69) is 20.8 Å². The molecular formula is C20H22O3. The molecule has 0 spiro atoms. The maximum atomic E-state index is 11.6. The predicted octanol–water partition coefficient (Wildman–Crippen LogP) is 4.62. The monoisotopic (exact) mass is 310 g/mol. The lowest BCUT2D eigenvalue weighted by Crippen LogP contribution is -2.10. The number of benzene rings is 2. The second-order valence-corrected chi connectivity index (χ2v) is 6.47. The Bertz CT molecular complexity index is 719. The topological polar surface area (TPSA) is 46.5 Å². The van der Waals surface area contributed by atoms with Crippen molar-refractivity contribution < 1.29 is 14.6 Å². The van der Waals surface area contributed by atoms with E-state index in [-0.39, 0.29) is 11.0 Å². The van der Waals surface area contributed by atoms with Gasteiger partial charge in [0.25, 0.3) is 0 Å². The lowest BCUT2D eigenvalue weighted by molar-refractivity contribution is -0.130. The van der Waals surface area contributed by atoms with E-state index in [1.54, 1.807) is 37.5 Å². The number of carbonyl (C=O) groups is 1. The summed E-state index contributed by atoms with van der Waals surface area (Å²) in [7, 11) is 1.56. The lowest BCUT2D eigenvalue weighted by atomic mass is 9.86. The van der Waals surface area contributed by atoms with E-state index in [9.17, 15) is 9.90 Å². The van der Waals surface area contributed by atoms with Gasteiger partial charge in [-0.05, 0) is 40.3 Å². The zero-order chi connectivity index (χ0) is 17.0. The fraction of sp³-hybridized carbons (Fsp3) is 0.250. The highest BCUT2D eigenvalue weighted by atomic mass is 16.5. The zero-order valence-electron chi connectivity index (χ0n) is 14.0. The zero-order valence-corrected chi connectivity index (χ0v) is 14.0. The average Bonchev–Trinajstić information content (AvgIpc) is 2.52. The second kappa shape index (κ2) is 6.69. The first-order valence-corrected chi connectivity index (χ1v) is 7.51. The minimum Gasteiger partial charge on any atom is -0.497 e. The Hall–Kier alpha value is -2.55. The van der Waals surface area contributed by atoms with Crippen molar-refractivity contribution in [2.75, 3.05) is 7.11 Å². The smallest absolute Gasteiger partial charge is 0.336 e. The van der Waals surface area contributed by atoms with E-state index in [1.807, 2.05) is 24.3 Å². The predicted molar refractivity (Wildman–Crippen MR) is 93.6 cm³/mol. The van der Waals surface area contributed by atoms with E-state index in [0.717, 1.165) is 5.56 Å². The Morgan fingerprint density at radius 3 is 2.26 bits per heavy atom. The molecule has 120 valence electrons. The number of rotatable bonds is 4. The Morgan fingerprint density at radius 2 is 1.74 bits per heavy atom. The van der Waals surface area contributed by atoms with Gasteiger partial charge in [0.1, 0.15) is 5.75 Å². The molecule has 3 heteroatoms. The van der Waals surface area contributed by atoms with E-state index in [0.29, 0.717) is 11.3 Å². The molecule has 23 heavy (non-hydrogen) atoms. The van der Waals surface area contributed by atoms with Gasteiger partial charge in [-0.2, -0.15) is 0 Å². The van der Waals surface area contributed by atoms with Crippen LogP contribution in [0.15, 0.2) is 48.5 Å². The van der Waals surface area contributed by atoms with Gasteiger partial charge in [-0.1, -0.05) is 57.2 Å². The summed E-state index contributed by atoms with van der Waals surface area (Å²) >= 11 is 0. The number of hydrogen-bond acceptors (Lipinski definition) is 2. The molecule has 0 aliphatic rings. The van der Waals surface area contributed by atoms with Crippen LogP contribution in [0.2, 0.25) is 0 Å². The van der Waals surface area contributed by atoms with Crippen LogP contribution in [-0.2, 0) is 10.2 Å². The van der Waals surface area contributed by atoms with Crippen LogP contribution in [0.4, 0.5) is 0 Å². The summed E-state index contributed by atoms with van der Waals surface area (Å²) in [5.41, 5.74) is 3.01. The van der Waals surface area contributed by atoms with Gasteiger partial charge in [-0.25, -0.2) is 4.79 Å². The summed E-state index contributed by atoms with van der Waals surface area (Å²) in [6.07, 6.45) is 1.68. The fourth-order valence-corrected chi connectivity index (χ4v) is 2.31. The number of ether oxygens (including phenoxy) is 1. The van der Waals surface area contributed by atoms with Gasteiger partial charge >= 0.3 is 5.97 Å². The van der Waals surface area contributed by atoms with Crippen LogP contribution >= 0.6 is 0 Å². The van der Waals surface area contributed by atoms with E-state index < -0.39 is 5.97 Å². The summed E-state index contributed by atoms with van der Waals surface area (Å²) in [5, 5.41) is 9.53. The molecule has 0 fully saturated rings. The van der Waals surface area contributed by atoms with E-state index >= 15 is 0 Å². The normalized spacial score (nSPS) is 12.1. The molecule has 0 aliphatic carbocycles. The number of methoxy groups -OCH3 is 1. The summed E-state index contributed by atoms with van der Waals surface area (Å²) < 4.78 is 5.17. The summed E-state index contributed by atoms with van der Waals surface area (Å²) in [4.78, 5) is 11.6. The molecule has 0 bridgehead atoms. The first-order valence-electron chi connectivity index (χ1n) is 7.51. The highest BCUT2D eigenvalue weighted by Crippen LogP contribution is 2.25. The van der Waals surface area contributed by atoms with Crippen molar-refractivity contribution in [3.8, 4) is 5.75 Å². The molecule has 0 atom stereocenters. The van der Waals surface area contributed by atoms with Crippen LogP contribution in [0.5, 0.6) is 5.75 Å². The molecule has 2 rings (SSSR count). The molecule has 0 aromatic heterocycles. The van der Waals surface area contributed by atoms with Crippen molar-refractivity contribution in [3.63, 3.8) is 0 Å². The standard InChI is InChI=1S/C20H22O3/c1-20(2,3)16-10-8-14(9-11-16)12-18(19(21)22)15-6-5-7-17(13-15)23-4/h5-13H,1-4H3,(H,21,22)/b18-12-. The first kappa shape index (κ1) is 16.8. The molecule has 0 unspecified atom stereocenters. The van der Waals surface area contributed by atoms with Gasteiger partial charge in [0.05, 0.1) is 12.7 Å². The molecular weight excluding hydrogens is 288 g/mol. The van der Waals surface area contributed by atoms with Crippen LogP contribution in [0, 0.1) is 0 Å². The quantitative estimate of drug-likeness (QED) is 0.662. The Labute approximate surface area is 137 Å². The molecule has 0 radical (unpaired) electrons. The fourth-order valence-electron chi connectivity index (χ4n) is 2.31. The lowest BCUT2D eigenvalue weighted by Gasteiger charge is -2.18. The summed E-state index contributed by atoms with van der Waals surface area (Å²) in [6.45, 7) is 6.45. The molecule has 0 saturated heterocycles. The minimum absolute atomic E-state index is 0.0741. The van der Waals surface area contributed by atoms with E-state index in [4.69, 9.17) is 4.74 Å². The molecule has 0 heterocycles. The van der Waals surface area contributed by atoms with Gasteiger partial charge in [-0.3, -0.25) is 0 Å². The van der Waals surface area contributed by atoms with Crippen molar-refractivity contribution in [1.82, 2.24) is 0 Å². The molecule has 0 aliphatic heterocycles. The summed E-state index contributed by atoms with van der Waals surface area (Å²) in [6, 6.07) is 15.0. The van der Waals surface area contributed by atoms with Crippen molar-refractivity contribution in [2.24, 2.45) is 0 Å². The van der Waals surface area contributed by atoms with Crippen LogP contribution in [0.25, 0.3) is 11.6 Å². The van der Waals surface area contributed by atoms with Gasteiger partial charge in [0.15, 0.2) is 0 Å². The van der Waals surface area contributed by atoms with E-state index in [1.165, 1.54) is 5.56 Å². The molecule has 2 aromatic rings.